The van der Waals surface area contributed by atoms with Crippen molar-refractivity contribution < 1.29 is 0 Å². The summed E-state index contributed by atoms with van der Waals surface area (Å²) >= 11 is 5.82. The second-order valence-corrected chi connectivity index (χ2v) is 4.55. The molecular formula is C12H16ClN5. The predicted molar refractivity (Wildman–Crippen MR) is 73.8 cm³/mol. The number of pyridine rings is 1. The van der Waals surface area contributed by atoms with Crippen molar-refractivity contribution >= 4 is 23.1 Å². The average molecular weight is 266 g/mol. The molecule has 0 aliphatic heterocycles. The van der Waals surface area contributed by atoms with Gasteiger partial charge in [-0.05, 0) is 31.4 Å². The van der Waals surface area contributed by atoms with E-state index in [0.29, 0.717) is 16.7 Å². The molecule has 2 heterocycles. The Labute approximate surface area is 111 Å². The minimum Gasteiger partial charge on any atom is -0.399 e. The first-order valence-corrected chi connectivity index (χ1v) is 6.19. The predicted octanol–water partition coefficient (Wildman–Crippen LogP) is 2.39. The van der Waals surface area contributed by atoms with Crippen LogP contribution in [0.4, 0.5) is 11.5 Å². The van der Waals surface area contributed by atoms with E-state index in [2.05, 4.69) is 20.5 Å². The van der Waals surface area contributed by atoms with Crippen molar-refractivity contribution in [2.24, 2.45) is 0 Å². The van der Waals surface area contributed by atoms with Crippen molar-refractivity contribution in [1.82, 2.24) is 15.2 Å². The molecule has 0 fully saturated rings. The highest BCUT2D eigenvalue weighted by Gasteiger charge is 2.01. The Hall–Kier alpha value is -1.75. The van der Waals surface area contributed by atoms with Gasteiger partial charge in [0.15, 0.2) is 0 Å². The SMILES string of the molecule is Cc1[nH]ncc1CCCNc1cc(N)cc(Cl)n1. The molecule has 0 aliphatic rings. The van der Waals surface area contributed by atoms with Crippen molar-refractivity contribution in [1.29, 1.82) is 0 Å². The molecule has 96 valence electrons. The Kier molecular flexibility index (Phi) is 4.04. The van der Waals surface area contributed by atoms with Gasteiger partial charge in [0.05, 0.1) is 6.20 Å². The number of nitrogens with one attached hydrogen (secondary N) is 2. The maximum Gasteiger partial charge on any atom is 0.133 e. The van der Waals surface area contributed by atoms with E-state index in [0.717, 1.165) is 25.1 Å². The minimum absolute atomic E-state index is 0.406. The van der Waals surface area contributed by atoms with Crippen LogP contribution >= 0.6 is 11.6 Å². The molecule has 0 atom stereocenters. The van der Waals surface area contributed by atoms with Crippen molar-refractivity contribution in [2.45, 2.75) is 19.8 Å². The summed E-state index contributed by atoms with van der Waals surface area (Å²) < 4.78 is 0. The smallest absolute Gasteiger partial charge is 0.133 e. The number of rotatable bonds is 5. The summed E-state index contributed by atoms with van der Waals surface area (Å²) in [6.07, 6.45) is 3.84. The summed E-state index contributed by atoms with van der Waals surface area (Å²) in [7, 11) is 0. The first-order chi connectivity index (χ1) is 8.65. The standard InChI is InChI=1S/C12H16ClN5/c1-8-9(7-16-18-8)3-2-4-15-12-6-10(14)5-11(13)17-12/h5-7H,2-4H2,1H3,(H,16,18)(H3,14,15,17). The van der Waals surface area contributed by atoms with E-state index in [-0.39, 0.29) is 0 Å². The van der Waals surface area contributed by atoms with Crippen LogP contribution in [-0.4, -0.2) is 21.7 Å². The fraction of sp³-hybridized carbons (Fsp3) is 0.333. The molecule has 0 radical (unpaired) electrons. The lowest BCUT2D eigenvalue weighted by atomic mass is 10.1. The average Bonchev–Trinajstić information content (AvgIpc) is 2.69. The lowest BCUT2D eigenvalue weighted by Crippen LogP contribution is -2.05. The van der Waals surface area contributed by atoms with Crippen LogP contribution in [0.3, 0.4) is 0 Å². The van der Waals surface area contributed by atoms with Crippen LogP contribution in [0.25, 0.3) is 0 Å². The summed E-state index contributed by atoms with van der Waals surface area (Å²) in [4.78, 5) is 4.14. The van der Waals surface area contributed by atoms with Gasteiger partial charge in [-0.2, -0.15) is 5.10 Å². The van der Waals surface area contributed by atoms with E-state index in [9.17, 15) is 0 Å². The fourth-order valence-electron chi connectivity index (χ4n) is 1.73. The highest BCUT2D eigenvalue weighted by Crippen LogP contribution is 2.15. The number of hydrogen-bond donors (Lipinski definition) is 3. The van der Waals surface area contributed by atoms with E-state index < -0.39 is 0 Å². The lowest BCUT2D eigenvalue weighted by molar-refractivity contribution is 0.853. The van der Waals surface area contributed by atoms with E-state index in [1.54, 1.807) is 12.1 Å². The minimum atomic E-state index is 0.406. The Morgan fingerprint density at radius 1 is 1.44 bits per heavy atom. The normalized spacial score (nSPS) is 10.6. The summed E-state index contributed by atoms with van der Waals surface area (Å²) in [6, 6.07) is 3.40. The highest BCUT2D eigenvalue weighted by atomic mass is 35.5. The summed E-state index contributed by atoms with van der Waals surface area (Å²) in [5, 5.41) is 10.5. The molecular weight excluding hydrogens is 250 g/mol. The number of halogens is 1. The summed E-state index contributed by atoms with van der Waals surface area (Å²) in [5.74, 6) is 0.712. The lowest BCUT2D eigenvalue weighted by Gasteiger charge is -2.06. The third-order valence-electron chi connectivity index (χ3n) is 2.68. The van der Waals surface area contributed by atoms with E-state index >= 15 is 0 Å². The molecule has 0 spiro atoms. The maximum atomic E-state index is 5.82. The van der Waals surface area contributed by atoms with Crippen molar-refractivity contribution in [2.75, 3.05) is 17.6 Å². The van der Waals surface area contributed by atoms with Crippen molar-refractivity contribution in [3.05, 3.63) is 34.7 Å². The number of nitrogens with zero attached hydrogens (tertiary/aromatic N) is 2. The number of hydrogen-bond acceptors (Lipinski definition) is 4. The molecule has 0 aliphatic carbocycles. The zero-order chi connectivity index (χ0) is 13.0. The van der Waals surface area contributed by atoms with Gasteiger partial charge in [0.2, 0.25) is 0 Å². The first kappa shape index (κ1) is 12.7. The number of aromatic nitrogens is 3. The summed E-state index contributed by atoms with van der Waals surface area (Å²) in [6.45, 7) is 2.84. The van der Waals surface area contributed by atoms with E-state index in [1.165, 1.54) is 5.56 Å². The van der Waals surface area contributed by atoms with E-state index in [1.807, 2.05) is 13.1 Å². The Balaban J connectivity index is 1.80. The van der Waals surface area contributed by atoms with Crippen LogP contribution in [-0.2, 0) is 6.42 Å². The van der Waals surface area contributed by atoms with Crippen LogP contribution in [0.2, 0.25) is 5.15 Å². The second kappa shape index (κ2) is 5.73. The number of aryl methyl sites for hydroxylation is 2. The number of anilines is 2. The second-order valence-electron chi connectivity index (χ2n) is 4.16. The number of H-pyrrole nitrogens is 1. The Morgan fingerprint density at radius 2 is 2.28 bits per heavy atom. The van der Waals surface area contributed by atoms with E-state index in [4.69, 9.17) is 17.3 Å². The molecule has 0 aromatic carbocycles. The van der Waals surface area contributed by atoms with Gasteiger partial charge >= 0.3 is 0 Å². The first-order valence-electron chi connectivity index (χ1n) is 5.81. The Bertz CT molecular complexity index is 503. The molecule has 0 amide bonds. The van der Waals surface area contributed by atoms with Gasteiger partial charge in [-0.15, -0.1) is 0 Å². The molecule has 0 saturated carbocycles. The maximum absolute atomic E-state index is 5.82. The van der Waals surface area contributed by atoms with Gasteiger partial charge in [-0.1, -0.05) is 11.6 Å². The zero-order valence-corrected chi connectivity index (χ0v) is 11.0. The number of nitrogen functional groups attached to an aromatic ring is 1. The molecule has 0 unspecified atom stereocenters. The molecule has 5 nitrogen and oxygen atoms in total. The van der Waals surface area contributed by atoms with Gasteiger partial charge in [0, 0.05) is 24.0 Å². The molecule has 0 saturated heterocycles. The van der Waals surface area contributed by atoms with Crippen LogP contribution < -0.4 is 11.1 Å². The Morgan fingerprint density at radius 3 is 2.94 bits per heavy atom. The van der Waals surface area contributed by atoms with Crippen LogP contribution in [0, 0.1) is 6.92 Å². The zero-order valence-electron chi connectivity index (χ0n) is 10.2. The highest BCUT2D eigenvalue weighted by molar-refractivity contribution is 6.29. The molecule has 6 heteroatoms. The van der Waals surface area contributed by atoms with Crippen molar-refractivity contribution in [3.8, 4) is 0 Å². The topological polar surface area (TPSA) is 79.6 Å². The number of aromatic amines is 1. The number of nitrogens with two attached hydrogens (primary N) is 1. The molecule has 18 heavy (non-hydrogen) atoms. The fourth-order valence-corrected chi connectivity index (χ4v) is 1.95. The quantitative estimate of drug-likeness (QED) is 0.573. The third kappa shape index (κ3) is 3.37. The molecule has 2 rings (SSSR count). The molecule has 2 aromatic heterocycles. The van der Waals surface area contributed by atoms with Crippen LogP contribution in [0.1, 0.15) is 17.7 Å². The molecule has 2 aromatic rings. The third-order valence-corrected chi connectivity index (χ3v) is 2.87. The summed E-state index contributed by atoms with van der Waals surface area (Å²) in [5.41, 5.74) is 8.67. The molecule has 4 N–H and O–H groups in total. The largest absolute Gasteiger partial charge is 0.399 e. The van der Waals surface area contributed by atoms with Crippen molar-refractivity contribution in [3.63, 3.8) is 0 Å². The van der Waals surface area contributed by atoms with Gasteiger partial charge in [0.25, 0.3) is 0 Å². The van der Waals surface area contributed by atoms with Gasteiger partial charge in [-0.3, -0.25) is 5.10 Å². The van der Waals surface area contributed by atoms with Gasteiger partial charge < -0.3 is 11.1 Å². The monoisotopic (exact) mass is 265 g/mol. The molecule has 0 bridgehead atoms. The van der Waals surface area contributed by atoms with Crippen LogP contribution in [0.15, 0.2) is 18.3 Å². The van der Waals surface area contributed by atoms with Gasteiger partial charge in [0.1, 0.15) is 11.0 Å². The van der Waals surface area contributed by atoms with Crippen LogP contribution in [0.5, 0.6) is 0 Å². The van der Waals surface area contributed by atoms with Gasteiger partial charge in [-0.25, -0.2) is 4.98 Å².